The van der Waals surface area contributed by atoms with Gasteiger partial charge in [-0.1, -0.05) is 0 Å². The zero-order valence-electron chi connectivity index (χ0n) is 13.4. The van der Waals surface area contributed by atoms with Crippen LogP contribution in [0.1, 0.15) is 24.7 Å². The van der Waals surface area contributed by atoms with Crippen molar-refractivity contribution in [1.29, 1.82) is 0 Å². The number of hydrogen-bond acceptors (Lipinski definition) is 6. The SMILES string of the molecule is COc1ccc(N2CCN(Cc3nnnn3C3CC3)CC2)cc1. The highest BCUT2D eigenvalue weighted by Gasteiger charge is 2.28. The molecular formula is C16H22N6O. The zero-order chi connectivity index (χ0) is 15.6. The Morgan fingerprint density at radius 1 is 1.09 bits per heavy atom. The number of methoxy groups -OCH3 is 1. The first-order valence-electron chi connectivity index (χ1n) is 8.21. The maximum atomic E-state index is 5.22. The van der Waals surface area contributed by atoms with E-state index < -0.39 is 0 Å². The molecule has 1 aliphatic heterocycles. The lowest BCUT2D eigenvalue weighted by molar-refractivity contribution is 0.239. The molecule has 1 saturated carbocycles. The highest BCUT2D eigenvalue weighted by molar-refractivity contribution is 5.49. The number of hydrogen-bond donors (Lipinski definition) is 0. The molecule has 2 aromatic rings. The standard InChI is InChI=1S/C16H22N6O/c1-23-15-6-4-13(5-7-15)21-10-8-20(9-11-21)12-16-17-18-19-22(16)14-2-3-14/h4-7,14H,2-3,8-12H2,1H3. The quantitative estimate of drug-likeness (QED) is 0.830. The molecule has 1 saturated heterocycles. The number of aromatic nitrogens is 4. The van der Waals surface area contributed by atoms with Crippen LogP contribution in [-0.4, -0.2) is 58.4 Å². The number of benzene rings is 1. The summed E-state index contributed by atoms with van der Waals surface area (Å²) in [5.41, 5.74) is 1.26. The average molecular weight is 314 g/mol. The lowest BCUT2D eigenvalue weighted by atomic mass is 10.2. The van der Waals surface area contributed by atoms with Crippen LogP contribution < -0.4 is 9.64 Å². The number of nitrogens with zero attached hydrogens (tertiary/aromatic N) is 6. The Kier molecular flexibility index (Phi) is 3.87. The Morgan fingerprint density at radius 3 is 2.48 bits per heavy atom. The molecule has 2 aliphatic rings. The molecule has 2 fully saturated rings. The van der Waals surface area contributed by atoms with Crippen molar-refractivity contribution in [2.45, 2.75) is 25.4 Å². The monoisotopic (exact) mass is 314 g/mol. The van der Waals surface area contributed by atoms with Crippen molar-refractivity contribution in [3.05, 3.63) is 30.1 Å². The Hall–Kier alpha value is -2.15. The van der Waals surface area contributed by atoms with Gasteiger partial charge in [-0.05, 0) is 47.5 Å². The predicted molar refractivity (Wildman–Crippen MR) is 86.6 cm³/mol. The Morgan fingerprint density at radius 2 is 1.83 bits per heavy atom. The Bertz CT molecular complexity index is 643. The molecule has 0 radical (unpaired) electrons. The molecule has 0 spiro atoms. The summed E-state index contributed by atoms with van der Waals surface area (Å²) >= 11 is 0. The second kappa shape index (κ2) is 6.16. The van der Waals surface area contributed by atoms with Crippen LogP contribution in [0, 0.1) is 0 Å². The van der Waals surface area contributed by atoms with E-state index in [1.807, 2.05) is 16.8 Å². The van der Waals surface area contributed by atoms with Crippen LogP contribution >= 0.6 is 0 Å². The molecule has 7 heteroatoms. The molecule has 1 aromatic carbocycles. The summed E-state index contributed by atoms with van der Waals surface area (Å²) in [6.07, 6.45) is 2.42. The molecular weight excluding hydrogens is 292 g/mol. The van der Waals surface area contributed by atoms with Crippen molar-refractivity contribution >= 4 is 5.69 Å². The van der Waals surface area contributed by atoms with Gasteiger partial charge >= 0.3 is 0 Å². The Labute approximate surface area is 135 Å². The van der Waals surface area contributed by atoms with Crippen molar-refractivity contribution < 1.29 is 4.74 Å². The van der Waals surface area contributed by atoms with Gasteiger partial charge in [-0.3, -0.25) is 4.90 Å². The van der Waals surface area contributed by atoms with Gasteiger partial charge in [0.2, 0.25) is 0 Å². The van der Waals surface area contributed by atoms with Crippen LogP contribution in [0.15, 0.2) is 24.3 Å². The molecule has 23 heavy (non-hydrogen) atoms. The summed E-state index contributed by atoms with van der Waals surface area (Å²) in [4.78, 5) is 4.85. The third-order valence-electron chi connectivity index (χ3n) is 4.63. The number of tetrazole rings is 1. The lowest BCUT2D eigenvalue weighted by Gasteiger charge is -2.35. The largest absolute Gasteiger partial charge is 0.497 e. The first kappa shape index (κ1) is 14.4. The summed E-state index contributed by atoms with van der Waals surface area (Å²) in [6, 6.07) is 8.84. The number of anilines is 1. The van der Waals surface area contributed by atoms with Crippen LogP contribution in [0.4, 0.5) is 5.69 Å². The maximum Gasteiger partial charge on any atom is 0.165 e. The fraction of sp³-hybridized carbons (Fsp3) is 0.562. The number of rotatable bonds is 5. The van der Waals surface area contributed by atoms with E-state index in [1.165, 1.54) is 18.5 Å². The van der Waals surface area contributed by atoms with Crippen LogP contribution in [0.25, 0.3) is 0 Å². The number of ether oxygens (including phenoxy) is 1. The topological polar surface area (TPSA) is 59.3 Å². The van der Waals surface area contributed by atoms with Crippen LogP contribution in [0.2, 0.25) is 0 Å². The second-order valence-corrected chi connectivity index (χ2v) is 6.23. The summed E-state index contributed by atoms with van der Waals surface area (Å²) in [5.74, 6) is 1.91. The minimum atomic E-state index is 0.542. The van der Waals surface area contributed by atoms with Crippen molar-refractivity contribution in [1.82, 2.24) is 25.1 Å². The third kappa shape index (κ3) is 3.14. The van der Waals surface area contributed by atoms with Crippen molar-refractivity contribution in [3.8, 4) is 5.75 Å². The van der Waals surface area contributed by atoms with E-state index in [2.05, 4.69) is 37.5 Å². The van der Waals surface area contributed by atoms with Gasteiger partial charge in [0.15, 0.2) is 5.82 Å². The van der Waals surface area contributed by atoms with E-state index in [9.17, 15) is 0 Å². The van der Waals surface area contributed by atoms with Crippen LogP contribution in [0.5, 0.6) is 5.75 Å². The smallest absolute Gasteiger partial charge is 0.165 e. The molecule has 0 unspecified atom stereocenters. The van der Waals surface area contributed by atoms with Gasteiger partial charge in [-0.15, -0.1) is 5.10 Å². The lowest BCUT2D eigenvalue weighted by Crippen LogP contribution is -2.46. The van der Waals surface area contributed by atoms with Crippen LogP contribution in [-0.2, 0) is 6.54 Å². The van der Waals surface area contributed by atoms with Crippen molar-refractivity contribution in [3.63, 3.8) is 0 Å². The van der Waals surface area contributed by atoms with E-state index in [4.69, 9.17) is 4.74 Å². The molecule has 0 bridgehead atoms. The molecule has 2 heterocycles. The molecule has 7 nitrogen and oxygen atoms in total. The number of piperazine rings is 1. The van der Waals surface area contributed by atoms with Gasteiger partial charge in [-0.2, -0.15) is 0 Å². The zero-order valence-corrected chi connectivity index (χ0v) is 13.4. The average Bonchev–Trinajstić information content (AvgIpc) is 3.35. The molecule has 1 aliphatic carbocycles. The van der Waals surface area contributed by atoms with E-state index in [0.29, 0.717) is 6.04 Å². The van der Waals surface area contributed by atoms with Gasteiger partial charge < -0.3 is 9.64 Å². The summed E-state index contributed by atoms with van der Waals surface area (Å²) < 4.78 is 7.23. The normalized spacial score (nSPS) is 19.1. The molecule has 4 rings (SSSR count). The molecule has 122 valence electrons. The summed E-state index contributed by atoms with van der Waals surface area (Å²) in [6.45, 7) is 4.96. The first-order valence-corrected chi connectivity index (χ1v) is 8.21. The minimum Gasteiger partial charge on any atom is -0.497 e. The predicted octanol–water partition coefficient (Wildman–Crippen LogP) is 1.34. The summed E-state index contributed by atoms with van der Waals surface area (Å²) in [5, 5.41) is 12.2. The van der Waals surface area contributed by atoms with Crippen molar-refractivity contribution in [2.24, 2.45) is 0 Å². The molecule has 0 N–H and O–H groups in total. The van der Waals surface area contributed by atoms with E-state index in [0.717, 1.165) is 44.3 Å². The van der Waals surface area contributed by atoms with Crippen molar-refractivity contribution in [2.75, 3.05) is 38.2 Å². The molecule has 0 atom stereocenters. The fourth-order valence-electron chi connectivity index (χ4n) is 3.08. The molecule has 1 aromatic heterocycles. The van der Waals surface area contributed by atoms with E-state index in [-0.39, 0.29) is 0 Å². The third-order valence-corrected chi connectivity index (χ3v) is 4.63. The van der Waals surface area contributed by atoms with Gasteiger partial charge in [0.25, 0.3) is 0 Å². The first-order chi connectivity index (χ1) is 11.3. The highest BCUT2D eigenvalue weighted by Crippen LogP contribution is 2.34. The van der Waals surface area contributed by atoms with Gasteiger partial charge in [0, 0.05) is 31.9 Å². The second-order valence-electron chi connectivity index (χ2n) is 6.23. The van der Waals surface area contributed by atoms with Gasteiger partial charge in [0.05, 0.1) is 19.7 Å². The Balaban J connectivity index is 1.34. The van der Waals surface area contributed by atoms with E-state index in [1.54, 1.807) is 7.11 Å². The van der Waals surface area contributed by atoms with Gasteiger partial charge in [0.1, 0.15) is 5.75 Å². The highest BCUT2D eigenvalue weighted by atomic mass is 16.5. The van der Waals surface area contributed by atoms with Crippen LogP contribution in [0.3, 0.4) is 0 Å². The summed E-state index contributed by atoms with van der Waals surface area (Å²) in [7, 11) is 1.70. The molecule has 0 amide bonds. The van der Waals surface area contributed by atoms with E-state index >= 15 is 0 Å². The fourth-order valence-corrected chi connectivity index (χ4v) is 3.08. The maximum absolute atomic E-state index is 5.22. The van der Waals surface area contributed by atoms with Gasteiger partial charge in [-0.25, -0.2) is 4.68 Å². The minimum absolute atomic E-state index is 0.542.